The molecule has 0 saturated carbocycles. The molecule has 4 amide bonds. The third kappa shape index (κ3) is 6.35. The van der Waals surface area contributed by atoms with E-state index in [1.807, 2.05) is 0 Å². The molecule has 1 aliphatic heterocycles. The number of anilines is 2. The first-order chi connectivity index (χ1) is 17.7. The van der Waals surface area contributed by atoms with Gasteiger partial charge in [-0.1, -0.05) is 47.5 Å². The third-order valence-electron chi connectivity index (χ3n) is 5.51. The fourth-order valence-electron chi connectivity index (χ4n) is 3.62. The number of nitrogens with zero attached hydrogens (tertiary/aromatic N) is 1. The average molecular weight is 537 g/mol. The van der Waals surface area contributed by atoms with Crippen molar-refractivity contribution in [3.8, 4) is 0 Å². The number of carbonyl (C=O) groups is 4. The van der Waals surface area contributed by atoms with E-state index >= 15 is 0 Å². The molecule has 0 bridgehead atoms. The number of imide groups is 1. The third-order valence-corrected chi connectivity index (χ3v) is 6.12. The van der Waals surface area contributed by atoms with Crippen LogP contribution in [-0.4, -0.2) is 28.5 Å². The Morgan fingerprint density at radius 2 is 1.32 bits per heavy atom. The largest absolute Gasteiger partial charge is 0.375 e. The molecule has 0 fully saturated rings. The predicted octanol–water partition coefficient (Wildman–Crippen LogP) is 4.66. The van der Waals surface area contributed by atoms with Crippen molar-refractivity contribution in [3.05, 3.63) is 105 Å². The summed E-state index contributed by atoms with van der Waals surface area (Å²) >= 11 is 12.1. The topological polar surface area (TPSA) is 108 Å². The molecule has 3 N–H and O–H groups in total. The second-order valence-corrected chi connectivity index (χ2v) is 9.09. The Labute approximate surface area is 223 Å². The lowest BCUT2D eigenvalue weighted by Gasteiger charge is -2.15. The molecule has 0 spiro atoms. The summed E-state index contributed by atoms with van der Waals surface area (Å²) in [5.74, 6) is -1.55. The molecule has 37 heavy (non-hydrogen) atoms. The number of nitrogens with one attached hydrogen (secondary N) is 3. The zero-order valence-electron chi connectivity index (χ0n) is 19.7. The smallest absolute Gasteiger partial charge is 0.278 e. The van der Waals surface area contributed by atoms with E-state index in [1.165, 1.54) is 6.92 Å². The molecule has 1 heterocycles. The Hall–Kier alpha value is -4.14. The summed E-state index contributed by atoms with van der Waals surface area (Å²) in [4.78, 5) is 50.1. The number of hydrogen-bond acceptors (Lipinski definition) is 5. The van der Waals surface area contributed by atoms with Crippen LogP contribution in [0.15, 0.2) is 83.5 Å². The fraction of sp³-hybridized carbons (Fsp3) is 0.111. The van der Waals surface area contributed by atoms with Gasteiger partial charge in [-0.3, -0.25) is 24.1 Å². The molecule has 0 radical (unpaired) electrons. The van der Waals surface area contributed by atoms with E-state index in [-0.39, 0.29) is 35.6 Å². The maximum Gasteiger partial charge on any atom is 0.278 e. The van der Waals surface area contributed by atoms with Crippen LogP contribution in [0, 0.1) is 0 Å². The number of rotatable bonds is 8. The van der Waals surface area contributed by atoms with Crippen molar-refractivity contribution in [2.24, 2.45) is 0 Å². The monoisotopic (exact) mass is 536 g/mol. The van der Waals surface area contributed by atoms with Gasteiger partial charge in [-0.2, -0.15) is 0 Å². The van der Waals surface area contributed by atoms with E-state index in [1.54, 1.807) is 72.8 Å². The highest BCUT2D eigenvalue weighted by molar-refractivity contribution is 6.47. The lowest BCUT2D eigenvalue weighted by Crippen LogP contribution is -2.33. The zero-order chi connectivity index (χ0) is 26.5. The average Bonchev–Trinajstić information content (AvgIpc) is 3.08. The van der Waals surface area contributed by atoms with Gasteiger partial charge >= 0.3 is 0 Å². The Bertz CT molecular complexity index is 1390. The molecule has 3 aromatic rings. The fourth-order valence-corrected chi connectivity index (χ4v) is 4.00. The van der Waals surface area contributed by atoms with E-state index in [0.717, 1.165) is 16.0 Å². The maximum absolute atomic E-state index is 12.8. The van der Waals surface area contributed by atoms with Gasteiger partial charge in [-0.05, 0) is 59.7 Å². The first kappa shape index (κ1) is 25.9. The normalized spacial score (nSPS) is 13.1. The molecule has 4 rings (SSSR count). The Morgan fingerprint density at radius 3 is 1.92 bits per heavy atom. The van der Waals surface area contributed by atoms with Crippen LogP contribution in [0.2, 0.25) is 5.02 Å². The summed E-state index contributed by atoms with van der Waals surface area (Å²) < 4.78 is 0. The van der Waals surface area contributed by atoms with Crippen LogP contribution in [0.3, 0.4) is 0 Å². The number of benzene rings is 3. The molecule has 1 aliphatic rings. The Morgan fingerprint density at radius 1 is 0.757 bits per heavy atom. The van der Waals surface area contributed by atoms with Crippen LogP contribution >= 0.6 is 23.2 Å². The van der Waals surface area contributed by atoms with Crippen molar-refractivity contribution in [2.75, 3.05) is 10.6 Å². The Balaban J connectivity index is 1.33. The predicted molar refractivity (Wildman–Crippen MR) is 142 cm³/mol. The summed E-state index contributed by atoms with van der Waals surface area (Å²) in [5, 5.41) is 8.79. The van der Waals surface area contributed by atoms with Crippen LogP contribution < -0.4 is 16.0 Å². The quantitative estimate of drug-likeness (QED) is 0.363. The molecule has 0 aromatic heterocycles. The van der Waals surface area contributed by atoms with Crippen molar-refractivity contribution in [2.45, 2.75) is 20.0 Å². The van der Waals surface area contributed by atoms with Gasteiger partial charge in [0.05, 0.1) is 6.54 Å². The minimum atomic E-state index is -0.568. The highest BCUT2D eigenvalue weighted by atomic mass is 35.5. The van der Waals surface area contributed by atoms with Crippen LogP contribution in [0.1, 0.15) is 28.4 Å². The second-order valence-electron chi connectivity index (χ2n) is 8.28. The number of amides is 4. The maximum atomic E-state index is 12.8. The summed E-state index contributed by atoms with van der Waals surface area (Å²) in [6.07, 6.45) is 0. The minimum absolute atomic E-state index is 0.0326. The first-order valence-electron chi connectivity index (χ1n) is 11.2. The number of carbonyl (C=O) groups excluding carboxylic acids is 4. The number of hydrogen-bond donors (Lipinski definition) is 3. The van der Waals surface area contributed by atoms with Crippen molar-refractivity contribution in [1.29, 1.82) is 0 Å². The molecule has 8 nitrogen and oxygen atoms in total. The molecule has 0 atom stereocenters. The van der Waals surface area contributed by atoms with Gasteiger partial charge in [0.15, 0.2) is 0 Å². The molecule has 0 saturated heterocycles. The van der Waals surface area contributed by atoms with Gasteiger partial charge in [0, 0.05) is 35.4 Å². The highest BCUT2D eigenvalue weighted by Gasteiger charge is 2.37. The molecule has 0 aliphatic carbocycles. The van der Waals surface area contributed by atoms with Crippen LogP contribution in [0.5, 0.6) is 0 Å². The number of halogens is 2. The Kier molecular flexibility index (Phi) is 7.91. The highest BCUT2D eigenvalue weighted by Crippen LogP contribution is 2.25. The van der Waals surface area contributed by atoms with Crippen LogP contribution in [0.4, 0.5) is 11.4 Å². The van der Waals surface area contributed by atoms with Crippen molar-refractivity contribution >= 4 is 58.2 Å². The lowest BCUT2D eigenvalue weighted by atomic mass is 10.1. The minimum Gasteiger partial charge on any atom is -0.375 e. The van der Waals surface area contributed by atoms with E-state index in [2.05, 4.69) is 16.0 Å². The molecule has 0 unspecified atom stereocenters. The van der Waals surface area contributed by atoms with E-state index in [0.29, 0.717) is 22.0 Å². The molecule has 10 heteroatoms. The lowest BCUT2D eigenvalue weighted by molar-refractivity contribution is -0.138. The van der Waals surface area contributed by atoms with Gasteiger partial charge in [0.25, 0.3) is 17.7 Å². The van der Waals surface area contributed by atoms with Gasteiger partial charge in [-0.15, -0.1) is 0 Å². The second kappa shape index (κ2) is 11.3. The summed E-state index contributed by atoms with van der Waals surface area (Å²) in [5.41, 5.74) is 3.21. The zero-order valence-corrected chi connectivity index (χ0v) is 21.2. The van der Waals surface area contributed by atoms with Gasteiger partial charge in [-0.25, -0.2) is 0 Å². The van der Waals surface area contributed by atoms with Gasteiger partial charge in [0.1, 0.15) is 10.7 Å². The SMILES string of the molecule is CC(=O)Nc1ccc(NC(=O)c2ccc(CNC3=C(Cl)C(=O)N(Cc4ccc(Cl)cc4)C3=O)cc2)cc1. The summed E-state index contributed by atoms with van der Waals surface area (Å²) in [7, 11) is 0. The summed E-state index contributed by atoms with van der Waals surface area (Å²) in [6, 6.07) is 20.4. The standard InChI is InChI=1S/C27H22Cl2N4O4/c1-16(34)31-21-10-12-22(13-11-21)32-25(35)19-6-2-17(3-7-19)14-30-24-23(29)26(36)33(27(24)37)15-18-4-8-20(28)9-5-18/h2-13,30H,14-15H2,1H3,(H,31,34)(H,32,35). The van der Waals surface area contributed by atoms with Crippen molar-refractivity contribution < 1.29 is 19.2 Å². The van der Waals surface area contributed by atoms with E-state index in [4.69, 9.17) is 23.2 Å². The first-order valence-corrected chi connectivity index (χ1v) is 12.0. The molecular weight excluding hydrogens is 515 g/mol. The van der Waals surface area contributed by atoms with E-state index in [9.17, 15) is 19.2 Å². The van der Waals surface area contributed by atoms with Gasteiger partial charge in [0.2, 0.25) is 5.91 Å². The summed E-state index contributed by atoms with van der Waals surface area (Å²) in [6.45, 7) is 1.73. The van der Waals surface area contributed by atoms with Crippen LogP contribution in [0.25, 0.3) is 0 Å². The van der Waals surface area contributed by atoms with Gasteiger partial charge < -0.3 is 16.0 Å². The van der Waals surface area contributed by atoms with Crippen molar-refractivity contribution in [1.82, 2.24) is 10.2 Å². The van der Waals surface area contributed by atoms with Crippen molar-refractivity contribution in [3.63, 3.8) is 0 Å². The molecule has 3 aromatic carbocycles. The van der Waals surface area contributed by atoms with E-state index < -0.39 is 11.8 Å². The molecule has 188 valence electrons. The molecular formula is C27H22Cl2N4O4. The van der Waals surface area contributed by atoms with Crippen LogP contribution in [-0.2, 0) is 27.5 Å².